The highest BCUT2D eigenvalue weighted by atomic mass is 16.7. The summed E-state index contributed by atoms with van der Waals surface area (Å²) in [5.41, 5.74) is 0. The number of aliphatic carboxylic acids is 1. The first-order valence-corrected chi connectivity index (χ1v) is 36.2. The van der Waals surface area contributed by atoms with Gasteiger partial charge in [0.05, 0.1) is 34.4 Å². The molecule has 0 aliphatic carbocycles. The van der Waals surface area contributed by atoms with Crippen LogP contribution in [0.5, 0.6) is 0 Å². The molecule has 0 fully saturated rings. The van der Waals surface area contributed by atoms with E-state index >= 15 is 0 Å². The van der Waals surface area contributed by atoms with E-state index in [1.807, 2.05) is 21.1 Å². The number of quaternary nitrogens is 1. The van der Waals surface area contributed by atoms with Gasteiger partial charge in [-0.1, -0.05) is 333 Å². The smallest absolute Gasteiger partial charge is 0.361 e. The van der Waals surface area contributed by atoms with Crippen molar-refractivity contribution in [3.63, 3.8) is 0 Å². The number of likely N-dealkylation sites (N-methyl/N-ethyl adjacent to an activating group) is 1. The van der Waals surface area contributed by atoms with Crippen molar-refractivity contribution < 1.29 is 42.9 Å². The molecule has 0 aromatic rings. The molecule has 83 heavy (non-hydrogen) atoms. The van der Waals surface area contributed by atoms with Crippen molar-refractivity contribution in [3.8, 4) is 0 Å². The summed E-state index contributed by atoms with van der Waals surface area (Å²) in [5, 5.41) is 9.74. The van der Waals surface area contributed by atoms with Crippen LogP contribution in [0.15, 0.2) is 36.5 Å². The lowest BCUT2D eigenvalue weighted by molar-refractivity contribution is -0.870. The lowest BCUT2D eigenvalue weighted by Crippen LogP contribution is -2.40. The summed E-state index contributed by atoms with van der Waals surface area (Å²) in [6.07, 6.45) is 80.0. The van der Waals surface area contributed by atoms with Crippen LogP contribution in [0.3, 0.4) is 0 Å². The molecule has 9 nitrogen and oxygen atoms in total. The maximum atomic E-state index is 12.9. The zero-order valence-corrected chi connectivity index (χ0v) is 55.9. The van der Waals surface area contributed by atoms with Crippen LogP contribution in [0, 0.1) is 0 Å². The number of carbonyl (C=O) groups is 3. The number of carboxylic acids is 1. The molecule has 9 heteroatoms. The molecule has 0 spiro atoms. The average molecular weight is 1170 g/mol. The van der Waals surface area contributed by atoms with E-state index < -0.39 is 24.3 Å². The Labute approximate surface area is 515 Å². The molecule has 488 valence electrons. The van der Waals surface area contributed by atoms with Gasteiger partial charge in [0.2, 0.25) is 0 Å². The van der Waals surface area contributed by atoms with Crippen molar-refractivity contribution in [1.29, 1.82) is 0 Å². The second-order valence-corrected chi connectivity index (χ2v) is 25.9. The minimum atomic E-state index is -1.51. The van der Waals surface area contributed by atoms with Gasteiger partial charge in [0.1, 0.15) is 13.2 Å². The fourth-order valence-electron chi connectivity index (χ4n) is 10.8. The van der Waals surface area contributed by atoms with Gasteiger partial charge in [-0.15, -0.1) is 0 Å². The van der Waals surface area contributed by atoms with E-state index in [1.165, 1.54) is 270 Å². The number of allylic oxidation sites excluding steroid dienone is 6. The Morgan fingerprint density at radius 1 is 0.361 bits per heavy atom. The van der Waals surface area contributed by atoms with E-state index in [4.69, 9.17) is 18.9 Å². The average Bonchev–Trinajstić information content (AvgIpc) is 3.46. The molecule has 0 aliphatic rings. The van der Waals surface area contributed by atoms with Gasteiger partial charge in [-0.05, 0) is 51.4 Å². The molecule has 0 heterocycles. The van der Waals surface area contributed by atoms with E-state index in [1.54, 1.807) is 0 Å². The third-order valence-corrected chi connectivity index (χ3v) is 16.4. The minimum absolute atomic E-state index is 0.184. The van der Waals surface area contributed by atoms with E-state index in [0.29, 0.717) is 23.9 Å². The van der Waals surface area contributed by atoms with Crippen molar-refractivity contribution >= 4 is 17.9 Å². The van der Waals surface area contributed by atoms with Gasteiger partial charge in [-0.3, -0.25) is 9.59 Å². The molecule has 1 N–H and O–H groups in total. The SMILES string of the molecule is CCCCCCC/C=C\C/C=C\C/C=C\CCCCCCCCC(=O)OC(COC(=O)CCCCCCCCCCCCCCCCCCCCCCCCCCCCCCCCCCCCCCC)COC(OCC[N+](C)(C)C)C(=O)O. The highest BCUT2D eigenvalue weighted by Gasteiger charge is 2.25. The second kappa shape index (κ2) is 65.5. The minimum Gasteiger partial charge on any atom is -0.477 e. The summed E-state index contributed by atoms with van der Waals surface area (Å²) >= 11 is 0. The van der Waals surface area contributed by atoms with Crippen LogP contribution in [0.4, 0.5) is 0 Å². The zero-order valence-electron chi connectivity index (χ0n) is 55.9. The first-order chi connectivity index (χ1) is 40.6. The van der Waals surface area contributed by atoms with Crippen LogP contribution in [-0.2, 0) is 33.3 Å². The van der Waals surface area contributed by atoms with Gasteiger partial charge < -0.3 is 28.5 Å². The lowest BCUT2D eigenvalue weighted by atomic mass is 10.0. The summed E-state index contributed by atoms with van der Waals surface area (Å²) in [6, 6.07) is 0. The van der Waals surface area contributed by atoms with Crippen molar-refractivity contribution in [2.75, 3.05) is 47.5 Å². The molecule has 0 aromatic carbocycles. The van der Waals surface area contributed by atoms with Gasteiger partial charge in [-0.2, -0.15) is 0 Å². The Morgan fingerprint density at radius 2 is 0.651 bits per heavy atom. The first kappa shape index (κ1) is 80.5. The molecule has 0 saturated carbocycles. The first-order valence-electron chi connectivity index (χ1n) is 36.2. The number of esters is 2. The van der Waals surface area contributed by atoms with E-state index in [-0.39, 0.29) is 32.2 Å². The number of hydrogen-bond acceptors (Lipinski definition) is 7. The van der Waals surface area contributed by atoms with Crippen molar-refractivity contribution in [2.45, 2.75) is 373 Å². The number of carboxylic acid groups (broad SMARTS) is 1. The second-order valence-electron chi connectivity index (χ2n) is 25.9. The van der Waals surface area contributed by atoms with Gasteiger partial charge >= 0.3 is 17.9 Å². The Balaban J connectivity index is 3.98. The lowest BCUT2D eigenvalue weighted by Gasteiger charge is -2.25. The van der Waals surface area contributed by atoms with Crippen LogP contribution in [0.25, 0.3) is 0 Å². The molecule has 0 bridgehead atoms. The van der Waals surface area contributed by atoms with Crippen molar-refractivity contribution in [2.24, 2.45) is 0 Å². The highest BCUT2D eigenvalue weighted by molar-refractivity contribution is 5.71. The number of hydrogen-bond donors (Lipinski definition) is 1. The topological polar surface area (TPSA) is 108 Å². The molecule has 0 rings (SSSR count). The summed E-state index contributed by atoms with van der Waals surface area (Å²) in [6.45, 7) is 4.91. The molecule has 0 aliphatic heterocycles. The van der Waals surface area contributed by atoms with Crippen LogP contribution in [0.2, 0.25) is 0 Å². The third-order valence-electron chi connectivity index (χ3n) is 16.4. The van der Waals surface area contributed by atoms with Gasteiger partial charge in [-0.25, -0.2) is 4.79 Å². The summed E-state index contributed by atoms with van der Waals surface area (Å²) < 4.78 is 23.0. The number of carbonyl (C=O) groups excluding carboxylic acids is 2. The van der Waals surface area contributed by atoms with Crippen LogP contribution in [-0.4, -0.2) is 87.4 Å². The zero-order chi connectivity index (χ0) is 60.5. The summed E-state index contributed by atoms with van der Waals surface area (Å²) in [7, 11) is 5.98. The van der Waals surface area contributed by atoms with E-state index in [2.05, 4.69) is 50.3 Å². The maximum absolute atomic E-state index is 12.9. The monoisotopic (exact) mass is 1170 g/mol. The molecule has 0 saturated heterocycles. The number of ether oxygens (including phenoxy) is 4. The molecule has 2 atom stereocenters. The number of nitrogens with zero attached hydrogens (tertiary/aromatic N) is 1. The Morgan fingerprint density at radius 3 is 0.964 bits per heavy atom. The molecular formula is C74H140NO8+. The van der Waals surface area contributed by atoms with Crippen molar-refractivity contribution in [3.05, 3.63) is 36.5 Å². The molecule has 2 unspecified atom stereocenters. The van der Waals surface area contributed by atoms with Crippen LogP contribution in [0.1, 0.15) is 361 Å². The van der Waals surface area contributed by atoms with Crippen LogP contribution < -0.4 is 0 Å². The Hall–Kier alpha value is -2.49. The quantitative estimate of drug-likeness (QED) is 0.0211. The summed E-state index contributed by atoms with van der Waals surface area (Å²) in [4.78, 5) is 37.6. The van der Waals surface area contributed by atoms with E-state index in [9.17, 15) is 19.5 Å². The largest absolute Gasteiger partial charge is 0.477 e. The number of rotatable bonds is 68. The van der Waals surface area contributed by atoms with Gasteiger partial charge in [0.25, 0.3) is 6.29 Å². The third kappa shape index (κ3) is 66.9. The molecule has 0 aromatic heterocycles. The summed E-state index contributed by atoms with van der Waals surface area (Å²) in [5.74, 6) is -2.00. The highest BCUT2D eigenvalue weighted by Crippen LogP contribution is 2.19. The predicted molar refractivity (Wildman–Crippen MR) is 355 cm³/mol. The Kier molecular flexibility index (Phi) is 63.5. The van der Waals surface area contributed by atoms with E-state index in [0.717, 1.165) is 57.8 Å². The maximum Gasteiger partial charge on any atom is 0.361 e. The normalized spacial score (nSPS) is 12.8. The number of unbranched alkanes of at least 4 members (excludes halogenated alkanes) is 47. The Bertz CT molecular complexity index is 1450. The fraction of sp³-hybridized carbons (Fsp3) is 0.878. The molecule has 0 radical (unpaired) electrons. The predicted octanol–water partition coefficient (Wildman–Crippen LogP) is 22.4. The fourth-order valence-corrected chi connectivity index (χ4v) is 10.8. The molecular weight excluding hydrogens is 1030 g/mol. The standard InChI is InChI=1S/C74H139NO8/c1-6-8-10-12-14-16-18-20-22-24-26-28-29-30-31-32-33-34-35-36-37-38-39-40-41-42-43-45-46-48-50-52-54-56-58-60-62-64-71(76)81-68-70(69-82-74(73(78)79)80-67-66-75(3,4)5)83-72(77)65-63-61-59-57-55-53-51-49-47-44-27-25-23-21-19-17-15-13-11-9-7-2/h19,21,25,27,47,49,70,74H,6-18,20,22-24,26,28-46,48,50-69H2,1-5H3/p+1/b21-19-,27-25-,49-47-. The van der Waals surface area contributed by atoms with Crippen molar-refractivity contribution in [1.82, 2.24) is 0 Å². The van der Waals surface area contributed by atoms with Gasteiger partial charge in [0, 0.05) is 12.8 Å². The molecule has 0 amide bonds. The van der Waals surface area contributed by atoms with Gasteiger partial charge in [0.15, 0.2) is 6.10 Å². The van der Waals surface area contributed by atoms with Crippen LogP contribution >= 0.6 is 0 Å².